The molecule has 7 nitrogen and oxygen atoms in total. The third kappa shape index (κ3) is 2.68. The van der Waals surface area contributed by atoms with Gasteiger partial charge in [-0.1, -0.05) is 5.16 Å². The maximum absolute atomic E-state index is 12.6. The molecule has 0 atom stereocenters. The monoisotopic (exact) mass is 288 g/mol. The van der Waals surface area contributed by atoms with E-state index in [2.05, 4.69) is 14.7 Å². The number of hydrogen-bond acceptors (Lipinski definition) is 5. The molecule has 2 rings (SSSR count). The topological polar surface area (TPSA) is 104 Å². The largest absolute Gasteiger partial charge is 0.421 e. The Labute approximate surface area is 108 Å². The van der Waals surface area contributed by atoms with Crippen molar-refractivity contribution < 1.29 is 22.5 Å². The van der Waals surface area contributed by atoms with Gasteiger partial charge in [0.05, 0.1) is 0 Å². The Morgan fingerprint density at radius 3 is 2.70 bits per heavy atom. The number of hydrogen-bond donors (Lipinski definition) is 1. The molecule has 0 spiro atoms. The average Bonchev–Trinajstić information content (AvgIpc) is 2.79. The van der Waals surface area contributed by atoms with Crippen LogP contribution >= 0.6 is 0 Å². The average molecular weight is 288 g/mol. The molecule has 20 heavy (non-hydrogen) atoms. The molecule has 2 N–H and O–H groups in total. The molecule has 0 aliphatic heterocycles. The van der Waals surface area contributed by atoms with Gasteiger partial charge in [-0.15, -0.1) is 0 Å². The molecule has 2 heterocycles. The minimum atomic E-state index is -4.76. The number of amides is 1. The molecule has 0 aliphatic rings. The Hall–Kier alpha value is -2.65. The Bertz CT molecular complexity index is 704. The first-order valence-electron chi connectivity index (χ1n) is 5.18. The molecule has 0 fully saturated rings. The van der Waals surface area contributed by atoms with Crippen molar-refractivity contribution in [2.24, 2.45) is 5.73 Å². The molecule has 1 amide bonds. The van der Waals surface area contributed by atoms with Gasteiger partial charge in [0.2, 0.25) is 5.89 Å². The van der Waals surface area contributed by atoms with Crippen LogP contribution in [0, 0.1) is 0 Å². The molecule has 0 aliphatic carbocycles. The number of carbonyl (C=O) groups excluding carboxylic acids is 1. The summed E-state index contributed by atoms with van der Waals surface area (Å²) in [7, 11) is 0. The summed E-state index contributed by atoms with van der Waals surface area (Å²) >= 11 is 0. The summed E-state index contributed by atoms with van der Waals surface area (Å²) in [4.78, 5) is 25.9. The van der Waals surface area contributed by atoms with Crippen molar-refractivity contribution in [3.63, 3.8) is 0 Å². The van der Waals surface area contributed by atoms with Crippen LogP contribution in [-0.2, 0) is 12.7 Å². The van der Waals surface area contributed by atoms with E-state index in [9.17, 15) is 22.8 Å². The van der Waals surface area contributed by atoms with E-state index < -0.39 is 35.6 Å². The van der Waals surface area contributed by atoms with Crippen LogP contribution in [0.5, 0.6) is 0 Å². The molecule has 106 valence electrons. The molecule has 0 saturated carbocycles. The molecule has 0 saturated heterocycles. The highest BCUT2D eigenvalue weighted by atomic mass is 19.4. The van der Waals surface area contributed by atoms with E-state index in [1.165, 1.54) is 0 Å². The van der Waals surface area contributed by atoms with Gasteiger partial charge in [0.15, 0.2) is 0 Å². The van der Waals surface area contributed by atoms with Crippen molar-refractivity contribution in [2.45, 2.75) is 12.7 Å². The summed E-state index contributed by atoms with van der Waals surface area (Å²) in [5.41, 5.74) is 2.33. The lowest BCUT2D eigenvalue weighted by atomic mass is 10.2. The quantitative estimate of drug-likeness (QED) is 0.880. The normalized spacial score (nSPS) is 11.6. The predicted octanol–water partition coefficient (Wildman–Crippen LogP) is 0.397. The first kappa shape index (κ1) is 13.8. The van der Waals surface area contributed by atoms with E-state index >= 15 is 0 Å². The van der Waals surface area contributed by atoms with E-state index in [-0.39, 0.29) is 5.89 Å². The highest BCUT2D eigenvalue weighted by Crippen LogP contribution is 2.25. The van der Waals surface area contributed by atoms with Gasteiger partial charge in [0.25, 0.3) is 17.3 Å². The van der Waals surface area contributed by atoms with E-state index in [0.29, 0.717) is 6.07 Å². The zero-order valence-corrected chi connectivity index (χ0v) is 9.72. The number of aromatic nitrogens is 3. The first-order valence-corrected chi connectivity index (χ1v) is 5.18. The summed E-state index contributed by atoms with van der Waals surface area (Å²) in [5.74, 6) is -1.57. The van der Waals surface area contributed by atoms with E-state index in [0.717, 1.165) is 16.8 Å². The summed E-state index contributed by atoms with van der Waals surface area (Å²) in [6.07, 6.45) is -3.63. The van der Waals surface area contributed by atoms with Crippen molar-refractivity contribution in [2.75, 3.05) is 0 Å². The van der Waals surface area contributed by atoms with Gasteiger partial charge in [-0.25, -0.2) is 0 Å². The van der Waals surface area contributed by atoms with Crippen LogP contribution in [0.1, 0.15) is 22.1 Å². The number of primary amides is 1. The second-order valence-electron chi connectivity index (χ2n) is 3.73. The maximum atomic E-state index is 12.6. The second kappa shape index (κ2) is 4.79. The van der Waals surface area contributed by atoms with Crippen molar-refractivity contribution in [3.05, 3.63) is 46.0 Å². The van der Waals surface area contributed by atoms with Crippen molar-refractivity contribution >= 4 is 5.91 Å². The molecular formula is C10H7F3N4O3. The van der Waals surface area contributed by atoms with Crippen LogP contribution in [0.3, 0.4) is 0 Å². The number of nitrogens with zero attached hydrogens (tertiary/aromatic N) is 3. The molecule has 2 aromatic heterocycles. The highest BCUT2D eigenvalue weighted by molar-refractivity contribution is 5.88. The number of halogens is 3. The van der Waals surface area contributed by atoms with Gasteiger partial charge in [0, 0.05) is 6.20 Å². The Kier molecular flexibility index (Phi) is 3.30. The number of alkyl halides is 3. The lowest BCUT2D eigenvalue weighted by Gasteiger charge is -2.08. The van der Waals surface area contributed by atoms with Gasteiger partial charge >= 0.3 is 6.18 Å². The number of carbonyl (C=O) groups is 1. The molecule has 0 radical (unpaired) electrons. The SMILES string of the molecule is NC(=O)c1noc(Cn2cccc(C(F)(F)F)c2=O)n1. The molecule has 0 unspecified atom stereocenters. The summed E-state index contributed by atoms with van der Waals surface area (Å²) < 4.78 is 43.0. The van der Waals surface area contributed by atoms with Crippen LogP contribution in [0.15, 0.2) is 27.6 Å². The zero-order valence-electron chi connectivity index (χ0n) is 9.72. The number of pyridine rings is 1. The van der Waals surface area contributed by atoms with Crippen LogP contribution in [0.4, 0.5) is 13.2 Å². The fourth-order valence-corrected chi connectivity index (χ4v) is 1.44. The van der Waals surface area contributed by atoms with E-state index in [1.807, 2.05) is 0 Å². The van der Waals surface area contributed by atoms with Gasteiger partial charge in [-0.3, -0.25) is 9.59 Å². The second-order valence-corrected chi connectivity index (χ2v) is 3.73. The number of nitrogens with two attached hydrogens (primary N) is 1. The molecule has 0 aromatic carbocycles. The van der Waals surface area contributed by atoms with E-state index in [1.54, 1.807) is 0 Å². The van der Waals surface area contributed by atoms with Gasteiger partial charge in [0.1, 0.15) is 12.1 Å². The molecule has 0 bridgehead atoms. The molecule has 2 aromatic rings. The minimum absolute atomic E-state index is 0.208. The third-order valence-electron chi connectivity index (χ3n) is 2.32. The number of rotatable bonds is 3. The fraction of sp³-hybridized carbons (Fsp3) is 0.200. The first-order chi connectivity index (χ1) is 9.29. The van der Waals surface area contributed by atoms with E-state index in [4.69, 9.17) is 5.73 Å². The van der Waals surface area contributed by atoms with Crippen LogP contribution < -0.4 is 11.3 Å². The highest BCUT2D eigenvalue weighted by Gasteiger charge is 2.34. The van der Waals surface area contributed by atoms with Crippen LogP contribution in [-0.4, -0.2) is 20.6 Å². The third-order valence-corrected chi connectivity index (χ3v) is 2.32. The van der Waals surface area contributed by atoms with Crippen molar-refractivity contribution in [1.29, 1.82) is 0 Å². The maximum Gasteiger partial charge on any atom is 0.421 e. The van der Waals surface area contributed by atoms with Crippen molar-refractivity contribution in [3.8, 4) is 0 Å². The van der Waals surface area contributed by atoms with Gasteiger partial charge in [-0.2, -0.15) is 18.2 Å². The van der Waals surface area contributed by atoms with Crippen LogP contribution in [0.2, 0.25) is 0 Å². The minimum Gasteiger partial charge on any atom is -0.363 e. The summed E-state index contributed by atoms with van der Waals surface area (Å²) in [6, 6.07) is 1.73. The lowest BCUT2D eigenvalue weighted by molar-refractivity contribution is -0.139. The van der Waals surface area contributed by atoms with Gasteiger partial charge in [-0.05, 0) is 12.1 Å². The zero-order chi connectivity index (χ0) is 14.9. The molecular weight excluding hydrogens is 281 g/mol. The Morgan fingerprint density at radius 2 is 2.15 bits per heavy atom. The van der Waals surface area contributed by atoms with Crippen molar-refractivity contribution in [1.82, 2.24) is 14.7 Å². The standard InChI is InChI=1S/C10H7F3N4O3/c11-10(12,13)5-2-1-3-17(9(5)19)4-6-15-8(7(14)18)16-20-6/h1-3H,4H2,(H2,14,18). The predicted molar refractivity (Wildman–Crippen MR) is 57.6 cm³/mol. The lowest BCUT2D eigenvalue weighted by Crippen LogP contribution is -2.28. The Morgan fingerprint density at radius 1 is 1.45 bits per heavy atom. The molecule has 10 heteroatoms. The smallest absolute Gasteiger partial charge is 0.363 e. The summed E-state index contributed by atoms with van der Waals surface area (Å²) in [5, 5.41) is 3.21. The van der Waals surface area contributed by atoms with Crippen LogP contribution in [0.25, 0.3) is 0 Å². The summed E-state index contributed by atoms with van der Waals surface area (Å²) in [6.45, 7) is -0.400. The fourth-order valence-electron chi connectivity index (χ4n) is 1.44. The Balaban J connectivity index is 2.34. The van der Waals surface area contributed by atoms with Gasteiger partial charge < -0.3 is 14.8 Å².